The lowest BCUT2D eigenvalue weighted by Crippen LogP contribution is -2.60. The van der Waals surface area contributed by atoms with Gasteiger partial charge in [-0.25, -0.2) is 0 Å². The van der Waals surface area contributed by atoms with Gasteiger partial charge in [0, 0.05) is 61.9 Å². The highest BCUT2D eigenvalue weighted by Crippen LogP contribution is 2.67. The molecule has 16 rings (SSSR count). The summed E-state index contributed by atoms with van der Waals surface area (Å²) in [7, 11) is 0. The van der Waals surface area contributed by atoms with E-state index in [0.29, 0.717) is 51.6 Å². The fourth-order valence-corrected chi connectivity index (χ4v) is 17.4. The third-order valence-electron chi connectivity index (χ3n) is 19.9. The monoisotopic (exact) mass is 715 g/mol. The van der Waals surface area contributed by atoms with E-state index in [9.17, 15) is 9.59 Å². The summed E-state index contributed by atoms with van der Waals surface area (Å²) < 4.78 is 0. The van der Waals surface area contributed by atoms with Gasteiger partial charge >= 0.3 is 0 Å². The van der Waals surface area contributed by atoms with Crippen molar-refractivity contribution < 1.29 is 9.59 Å². The third-order valence-corrected chi connectivity index (χ3v) is 19.9. The smallest absolute Gasteiger partial charge is 0.139 e. The molecule has 0 N–H and O–H groups in total. The van der Waals surface area contributed by atoms with Crippen molar-refractivity contribution >= 4 is 11.6 Å². The fraction of sp³-hybridized carbons (Fsp3) is 0.958. The molecule has 4 heteroatoms. The Morgan fingerprint density at radius 3 is 1.33 bits per heavy atom. The van der Waals surface area contributed by atoms with Crippen LogP contribution in [0.3, 0.4) is 0 Å². The predicted molar refractivity (Wildman–Crippen MR) is 212 cm³/mol. The van der Waals surface area contributed by atoms with Gasteiger partial charge in [-0.1, -0.05) is 55.4 Å². The normalized spacial score (nSPS) is 52.9. The summed E-state index contributed by atoms with van der Waals surface area (Å²) in [5.74, 6) is 12.5. The Morgan fingerprint density at radius 2 is 0.923 bits per heavy atom. The van der Waals surface area contributed by atoms with Crippen LogP contribution in [0.2, 0.25) is 0 Å². The molecular weight excluding hydrogens is 637 g/mol. The molecule has 0 amide bonds. The number of carbonyl (C=O) groups is 2. The number of hydrogen-bond donors (Lipinski definition) is 0. The summed E-state index contributed by atoms with van der Waals surface area (Å²) >= 11 is 0. The van der Waals surface area contributed by atoms with Crippen LogP contribution >= 0.6 is 0 Å². The first-order chi connectivity index (χ1) is 24.6. The highest BCUT2D eigenvalue weighted by molar-refractivity contribution is 5.86. The maximum atomic E-state index is 11.9. The van der Waals surface area contributed by atoms with Gasteiger partial charge in [0.25, 0.3) is 0 Å². The van der Waals surface area contributed by atoms with E-state index in [1.54, 1.807) is 12.8 Å². The van der Waals surface area contributed by atoms with E-state index in [0.717, 1.165) is 64.6 Å². The van der Waals surface area contributed by atoms with E-state index in [1.165, 1.54) is 116 Å². The van der Waals surface area contributed by atoms with Crippen molar-refractivity contribution in [2.45, 2.75) is 157 Å². The number of hydrogen-bond acceptors (Lipinski definition) is 4. The topological polar surface area (TPSA) is 40.6 Å². The van der Waals surface area contributed by atoms with E-state index in [1.807, 2.05) is 0 Å². The number of ketones is 2. The molecule has 8 atom stereocenters. The molecule has 292 valence electrons. The average molecular weight is 715 g/mol. The van der Waals surface area contributed by atoms with Gasteiger partial charge in [0.05, 0.1) is 0 Å². The zero-order valence-electron chi connectivity index (χ0n) is 34.9. The Balaban J connectivity index is 0.0000000924. The first kappa shape index (κ1) is 36.9. The molecular formula is C48H78N2O2. The lowest BCUT2D eigenvalue weighted by Gasteiger charge is -2.60. The van der Waals surface area contributed by atoms with Crippen molar-refractivity contribution in [2.75, 3.05) is 32.7 Å². The number of piperidine rings is 4. The molecule has 16 fully saturated rings. The minimum Gasteiger partial charge on any atom is -0.302 e. The van der Waals surface area contributed by atoms with Crippen LogP contribution in [0, 0.1) is 99.1 Å². The molecule has 0 aromatic carbocycles. The zero-order valence-corrected chi connectivity index (χ0v) is 34.9. The maximum absolute atomic E-state index is 11.9. The Morgan fingerprint density at radius 1 is 0.462 bits per heavy atom. The van der Waals surface area contributed by atoms with Crippen LogP contribution in [0.1, 0.15) is 152 Å². The second-order valence-electron chi connectivity index (χ2n) is 23.7. The minimum absolute atomic E-state index is 0.462. The summed E-state index contributed by atoms with van der Waals surface area (Å²) in [5, 5.41) is 0. The van der Waals surface area contributed by atoms with Crippen LogP contribution in [0.5, 0.6) is 0 Å². The van der Waals surface area contributed by atoms with Gasteiger partial charge < -0.3 is 4.90 Å². The Bertz CT molecular complexity index is 1310. The van der Waals surface area contributed by atoms with Gasteiger partial charge in [0.1, 0.15) is 11.6 Å². The van der Waals surface area contributed by atoms with Crippen molar-refractivity contribution in [1.82, 2.24) is 9.80 Å². The molecule has 10 aliphatic carbocycles. The number of Topliss-reactive ketones (excluding diaryl/α,β-unsaturated/α-hetero) is 2. The van der Waals surface area contributed by atoms with Crippen LogP contribution < -0.4 is 0 Å². The molecule has 6 heterocycles. The molecule has 52 heavy (non-hydrogen) atoms. The number of rotatable bonds is 4. The summed E-state index contributed by atoms with van der Waals surface area (Å²) in [6, 6.07) is 0. The van der Waals surface area contributed by atoms with Gasteiger partial charge in [0.2, 0.25) is 0 Å². The zero-order chi connectivity index (χ0) is 36.5. The first-order valence-electron chi connectivity index (χ1n) is 23.2. The predicted octanol–water partition coefficient (Wildman–Crippen LogP) is 10.2. The first-order valence-corrected chi connectivity index (χ1v) is 23.2. The minimum atomic E-state index is 0.462. The molecule has 0 radical (unpaired) electrons. The molecule has 0 aromatic rings. The van der Waals surface area contributed by atoms with Gasteiger partial charge in [-0.05, 0) is 172 Å². The molecule has 16 aliphatic rings. The number of nitrogens with zero attached hydrogens (tertiary/aromatic N) is 2. The maximum Gasteiger partial charge on any atom is 0.139 e. The summed E-state index contributed by atoms with van der Waals surface area (Å²) in [6.07, 6.45) is 20.4. The Labute approximate surface area is 319 Å². The fourth-order valence-electron chi connectivity index (χ4n) is 17.4. The van der Waals surface area contributed by atoms with Gasteiger partial charge in [-0.15, -0.1) is 0 Å². The average Bonchev–Trinajstić information content (AvgIpc) is 3.72. The second kappa shape index (κ2) is 12.9. The molecule has 6 saturated heterocycles. The third kappa shape index (κ3) is 5.75. The summed E-state index contributed by atoms with van der Waals surface area (Å²) in [4.78, 5) is 29.3. The van der Waals surface area contributed by atoms with Crippen molar-refractivity contribution in [3.05, 3.63) is 0 Å². The van der Waals surface area contributed by atoms with Crippen LogP contribution in [-0.4, -0.2) is 59.6 Å². The quantitative estimate of drug-likeness (QED) is 0.291. The van der Waals surface area contributed by atoms with Gasteiger partial charge in [-0.2, -0.15) is 0 Å². The van der Waals surface area contributed by atoms with Crippen molar-refractivity contribution in [1.29, 1.82) is 0 Å². The lowest BCUT2D eigenvalue weighted by molar-refractivity contribution is -0.151. The van der Waals surface area contributed by atoms with E-state index < -0.39 is 0 Å². The largest absolute Gasteiger partial charge is 0.302 e. The van der Waals surface area contributed by atoms with E-state index in [-0.39, 0.29) is 0 Å². The molecule has 10 saturated carbocycles. The van der Waals surface area contributed by atoms with Crippen LogP contribution in [0.4, 0.5) is 0 Å². The summed E-state index contributed by atoms with van der Waals surface area (Å²) in [6.45, 7) is 26.3. The lowest BCUT2D eigenvalue weighted by atomic mass is 9.46. The molecule has 0 aromatic heterocycles. The molecule has 6 aliphatic heterocycles. The van der Waals surface area contributed by atoms with Gasteiger partial charge in [-0.3, -0.25) is 14.5 Å². The summed E-state index contributed by atoms with van der Waals surface area (Å²) in [5.41, 5.74) is 2.53. The molecule has 4 nitrogen and oxygen atoms in total. The SMILES string of the molecule is CC(C)C12CC3CC(C1)C(=O)C(C3)C2.CC(C)C12CC3CC(CN(C3)C1)C2.CC(C)C12CC3CC(CN1C3)C2.CC(C)C12CC3CC1CC(C2)C3=O. The van der Waals surface area contributed by atoms with E-state index in [4.69, 9.17) is 0 Å². The van der Waals surface area contributed by atoms with Crippen LogP contribution in [0.25, 0.3) is 0 Å². The van der Waals surface area contributed by atoms with Crippen molar-refractivity contribution in [2.24, 2.45) is 99.1 Å². The van der Waals surface area contributed by atoms with Crippen LogP contribution in [-0.2, 0) is 9.59 Å². The molecule has 0 spiro atoms. The standard InChI is InChI=1S/C13H20O.C12H21N.C12H18O.C11H19N/c1-8(2)13-5-9-3-10(6-13)12(14)11(4-9)7-13;1-9(2)12-4-10-3-11(5-12)7-13(6-10)8-12;1-7(2)12-5-8-3-10(12)4-9(6-12)11(8)13;1-8(2)11-4-9-3-10(5-11)7-12(11)6-9/h8-11H,3-7H2,1-2H3;9-11H,3-8H2,1-2H3;7-10H,3-6H2,1-2H3;8-10H,3-7H2,1-2H3. The van der Waals surface area contributed by atoms with Crippen molar-refractivity contribution in [3.63, 3.8) is 0 Å². The Hall–Kier alpha value is -0.740. The Kier molecular flexibility index (Phi) is 9.14. The van der Waals surface area contributed by atoms with E-state index in [2.05, 4.69) is 65.2 Å². The second-order valence-corrected chi connectivity index (χ2v) is 23.7. The van der Waals surface area contributed by atoms with Crippen LogP contribution in [0.15, 0.2) is 0 Å². The van der Waals surface area contributed by atoms with Crippen molar-refractivity contribution in [3.8, 4) is 0 Å². The highest BCUT2D eigenvalue weighted by atomic mass is 16.1. The number of carbonyl (C=O) groups excluding carboxylic acids is 2. The highest BCUT2D eigenvalue weighted by Gasteiger charge is 2.62. The van der Waals surface area contributed by atoms with Gasteiger partial charge in [0.15, 0.2) is 0 Å². The van der Waals surface area contributed by atoms with E-state index >= 15 is 0 Å². The molecule has 8 unspecified atom stereocenters. The molecule has 16 bridgehead atoms.